The second-order valence-electron chi connectivity index (χ2n) is 10.3. The molecule has 0 aliphatic carbocycles. The number of rotatable bonds is 3. The molecule has 2 heterocycles. The monoisotopic (exact) mass is 496 g/mol. The van der Waals surface area contributed by atoms with Crippen molar-refractivity contribution in [3.05, 3.63) is 140 Å². The second-order valence-corrected chi connectivity index (χ2v) is 10.3. The van der Waals surface area contributed by atoms with Gasteiger partial charge in [0.1, 0.15) is 0 Å². The lowest BCUT2D eigenvalue weighted by atomic mass is 9.33. The van der Waals surface area contributed by atoms with E-state index in [2.05, 4.69) is 150 Å². The molecule has 2 N–H and O–H groups in total. The zero-order valence-corrected chi connectivity index (χ0v) is 21.4. The van der Waals surface area contributed by atoms with Crippen LogP contribution in [0, 0.1) is 0 Å². The van der Waals surface area contributed by atoms with Crippen LogP contribution in [-0.2, 0) is 0 Å². The first-order valence-electron chi connectivity index (χ1n) is 13.5. The Morgan fingerprint density at radius 3 is 1.33 bits per heavy atom. The fourth-order valence-electron chi connectivity index (χ4n) is 6.38. The van der Waals surface area contributed by atoms with Gasteiger partial charge in [0.2, 0.25) is 0 Å². The predicted octanol–water partition coefficient (Wildman–Crippen LogP) is 7.32. The van der Waals surface area contributed by atoms with E-state index in [9.17, 15) is 0 Å². The van der Waals surface area contributed by atoms with Crippen molar-refractivity contribution < 1.29 is 0 Å². The van der Waals surface area contributed by atoms with E-state index in [1.165, 1.54) is 66.8 Å². The quantitative estimate of drug-likeness (QED) is 0.251. The molecule has 0 saturated carbocycles. The van der Waals surface area contributed by atoms with Gasteiger partial charge in [-0.2, -0.15) is 0 Å². The van der Waals surface area contributed by atoms with Gasteiger partial charge in [0.15, 0.2) is 0 Å². The standard InChI is InChI=1S/C36H25BN2/c1-4-12-24(13-5-1)27-18-10-20-30-34(27)38-32-23-22-29(26-16-8-3-9-17-26)36-33(32)37(30)31-21-11-19-28(35(31)39-36)25-14-6-2-7-15-25/h1-23,38-39H. The van der Waals surface area contributed by atoms with Crippen molar-refractivity contribution in [2.45, 2.75) is 0 Å². The van der Waals surface area contributed by atoms with Crippen molar-refractivity contribution in [3.8, 4) is 33.4 Å². The van der Waals surface area contributed by atoms with E-state index in [1.807, 2.05) is 0 Å². The molecule has 2 nitrogen and oxygen atoms in total. The van der Waals surface area contributed by atoms with Crippen LogP contribution in [0.2, 0.25) is 0 Å². The van der Waals surface area contributed by atoms with Gasteiger partial charge in [-0.3, -0.25) is 0 Å². The minimum atomic E-state index is 0.110. The average Bonchev–Trinajstić information content (AvgIpc) is 3.01. The third-order valence-corrected chi connectivity index (χ3v) is 8.11. The Labute approximate surface area is 229 Å². The number of nitrogens with one attached hydrogen (secondary N) is 2. The zero-order valence-electron chi connectivity index (χ0n) is 21.4. The van der Waals surface area contributed by atoms with Crippen LogP contribution in [0.25, 0.3) is 33.4 Å². The summed E-state index contributed by atoms with van der Waals surface area (Å²) in [5, 5.41) is 7.81. The lowest BCUT2D eigenvalue weighted by Gasteiger charge is -2.37. The van der Waals surface area contributed by atoms with E-state index >= 15 is 0 Å². The van der Waals surface area contributed by atoms with Crippen molar-refractivity contribution >= 4 is 45.9 Å². The number of hydrogen-bond acceptors (Lipinski definition) is 2. The highest BCUT2D eigenvalue weighted by Gasteiger charge is 2.39. The highest BCUT2D eigenvalue weighted by molar-refractivity contribution is 7.00. The summed E-state index contributed by atoms with van der Waals surface area (Å²) in [6, 6.07) is 50.1. The van der Waals surface area contributed by atoms with Crippen LogP contribution in [0.3, 0.4) is 0 Å². The van der Waals surface area contributed by atoms with Crippen molar-refractivity contribution in [3.63, 3.8) is 0 Å². The number of anilines is 4. The topological polar surface area (TPSA) is 24.1 Å². The minimum absolute atomic E-state index is 0.110. The molecule has 0 spiro atoms. The smallest absolute Gasteiger partial charge is 0.252 e. The summed E-state index contributed by atoms with van der Waals surface area (Å²) >= 11 is 0. The normalized spacial score (nSPS) is 12.5. The van der Waals surface area contributed by atoms with Gasteiger partial charge in [0.25, 0.3) is 6.71 Å². The van der Waals surface area contributed by atoms with Crippen molar-refractivity contribution in [1.29, 1.82) is 0 Å². The van der Waals surface area contributed by atoms with Crippen LogP contribution in [0.15, 0.2) is 140 Å². The van der Waals surface area contributed by atoms with Gasteiger partial charge >= 0.3 is 0 Å². The molecule has 3 heteroatoms. The van der Waals surface area contributed by atoms with Crippen molar-refractivity contribution in [1.82, 2.24) is 0 Å². The summed E-state index contributed by atoms with van der Waals surface area (Å²) in [7, 11) is 0. The average molecular weight is 496 g/mol. The highest BCUT2D eigenvalue weighted by Crippen LogP contribution is 2.41. The van der Waals surface area contributed by atoms with E-state index in [4.69, 9.17) is 0 Å². The van der Waals surface area contributed by atoms with Crippen LogP contribution in [0.5, 0.6) is 0 Å². The van der Waals surface area contributed by atoms with E-state index in [0.29, 0.717) is 0 Å². The largest absolute Gasteiger partial charge is 0.356 e. The third kappa shape index (κ3) is 3.44. The maximum atomic E-state index is 3.95. The summed E-state index contributed by atoms with van der Waals surface area (Å²) in [5.74, 6) is 0. The molecule has 0 amide bonds. The molecule has 0 fully saturated rings. The molecular weight excluding hydrogens is 471 g/mol. The van der Waals surface area contributed by atoms with Crippen LogP contribution < -0.4 is 27.0 Å². The van der Waals surface area contributed by atoms with Crippen molar-refractivity contribution in [2.24, 2.45) is 0 Å². The molecule has 0 unspecified atom stereocenters. The molecule has 0 saturated heterocycles. The fraction of sp³-hybridized carbons (Fsp3) is 0. The lowest BCUT2D eigenvalue weighted by Crippen LogP contribution is -2.59. The first-order valence-corrected chi connectivity index (χ1v) is 13.5. The summed E-state index contributed by atoms with van der Waals surface area (Å²) in [6.45, 7) is 0.110. The molecule has 6 aromatic carbocycles. The Kier molecular flexibility index (Phi) is 4.96. The highest BCUT2D eigenvalue weighted by atomic mass is 14.9. The van der Waals surface area contributed by atoms with Gasteiger partial charge in [0.05, 0.1) is 0 Å². The minimum Gasteiger partial charge on any atom is -0.356 e. The van der Waals surface area contributed by atoms with Crippen LogP contribution in [0.1, 0.15) is 0 Å². The van der Waals surface area contributed by atoms with Crippen LogP contribution in [0.4, 0.5) is 22.7 Å². The van der Waals surface area contributed by atoms with E-state index in [-0.39, 0.29) is 6.71 Å². The number of para-hydroxylation sites is 2. The van der Waals surface area contributed by atoms with Gasteiger partial charge in [-0.05, 0) is 39.1 Å². The van der Waals surface area contributed by atoms with Gasteiger partial charge in [-0.1, -0.05) is 133 Å². The number of hydrogen-bond donors (Lipinski definition) is 2. The van der Waals surface area contributed by atoms with Gasteiger partial charge in [-0.25, -0.2) is 0 Å². The Morgan fingerprint density at radius 2 is 0.821 bits per heavy atom. The summed E-state index contributed by atoms with van der Waals surface area (Å²) in [6.07, 6.45) is 0. The third-order valence-electron chi connectivity index (χ3n) is 8.11. The zero-order chi connectivity index (χ0) is 25.8. The van der Waals surface area contributed by atoms with Gasteiger partial charge in [-0.15, -0.1) is 0 Å². The number of fused-ring (bicyclic) bond motifs is 4. The Bertz CT molecular complexity index is 1840. The molecule has 39 heavy (non-hydrogen) atoms. The first kappa shape index (κ1) is 22.0. The molecule has 6 aromatic rings. The van der Waals surface area contributed by atoms with E-state index in [0.717, 1.165) is 5.69 Å². The number of benzene rings is 6. The van der Waals surface area contributed by atoms with Gasteiger partial charge < -0.3 is 10.6 Å². The van der Waals surface area contributed by atoms with E-state index < -0.39 is 0 Å². The summed E-state index contributed by atoms with van der Waals surface area (Å²) in [4.78, 5) is 0. The van der Waals surface area contributed by atoms with Crippen LogP contribution >= 0.6 is 0 Å². The second kappa shape index (κ2) is 8.78. The van der Waals surface area contributed by atoms with E-state index in [1.54, 1.807) is 0 Å². The summed E-state index contributed by atoms with van der Waals surface area (Å²) in [5.41, 5.74) is 16.0. The Balaban J connectivity index is 1.43. The Hall–Kier alpha value is -5.02. The van der Waals surface area contributed by atoms with Gasteiger partial charge in [0, 0.05) is 39.4 Å². The molecule has 2 aliphatic heterocycles. The maximum Gasteiger partial charge on any atom is 0.252 e. The Morgan fingerprint density at radius 1 is 0.359 bits per heavy atom. The molecule has 0 bridgehead atoms. The molecular formula is C36H25BN2. The predicted molar refractivity (Wildman–Crippen MR) is 167 cm³/mol. The fourth-order valence-corrected chi connectivity index (χ4v) is 6.38. The first-order chi connectivity index (χ1) is 19.4. The molecule has 0 aromatic heterocycles. The molecule has 182 valence electrons. The van der Waals surface area contributed by atoms with Crippen LogP contribution in [-0.4, -0.2) is 6.71 Å². The van der Waals surface area contributed by atoms with Crippen molar-refractivity contribution in [2.75, 3.05) is 10.6 Å². The maximum absolute atomic E-state index is 3.95. The lowest BCUT2D eigenvalue weighted by molar-refractivity contribution is 1.49. The molecule has 8 rings (SSSR count). The summed E-state index contributed by atoms with van der Waals surface area (Å²) < 4.78 is 0. The molecule has 0 radical (unpaired) electrons. The SMILES string of the molecule is c1ccc(-c2cccc3c2Nc2ccc(-c4ccccc4)c4c2B3c2cccc(-c3ccccc3)c2N4)cc1. The molecule has 0 atom stereocenters. The molecule has 2 aliphatic rings.